The first-order valence-electron chi connectivity index (χ1n) is 7.02. The summed E-state index contributed by atoms with van der Waals surface area (Å²) >= 11 is 1.69. The second-order valence-corrected chi connectivity index (χ2v) is 6.08. The normalized spacial score (nSPS) is 12.4. The fraction of sp³-hybridized carbons (Fsp3) is 0.438. The summed E-state index contributed by atoms with van der Waals surface area (Å²) in [6, 6.07) is 6.89. The zero-order chi connectivity index (χ0) is 14.7. The van der Waals surface area contributed by atoms with Crippen molar-refractivity contribution in [2.75, 3.05) is 18.5 Å². The zero-order valence-electron chi connectivity index (χ0n) is 12.9. The molecule has 0 radical (unpaired) electrons. The highest BCUT2D eigenvalue weighted by atomic mass is 32.1. The Kier molecular flexibility index (Phi) is 4.78. The van der Waals surface area contributed by atoms with Crippen molar-refractivity contribution < 1.29 is 0 Å². The molecule has 0 saturated carbocycles. The van der Waals surface area contributed by atoms with E-state index in [1.165, 1.54) is 16.8 Å². The molecule has 1 N–H and O–H groups in total. The molecular formula is C16H23N3S. The van der Waals surface area contributed by atoms with Gasteiger partial charge in [0.05, 0.1) is 5.69 Å². The highest BCUT2D eigenvalue weighted by molar-refractivity contribution is 7.13. The molecule has 0 aliphatic carbocycles. The van der Waals surface area contributed by atoms with E-state index in [4.69, 9.17) is 4.98 Å². The Balaban J connectivity index is 2.22. The summed E-state index contributed by atoms with van der Waals surface area (Å²) in [5, 5.41) is 6.58. The minimum Gasteiger partial charge on any atom is -0.321 e. The van der Waals surface area contributed by atoms with E-state index in [2.05, 4.69) is 68.5 Å². The summed E-state index contributed by atoms with van der Waals surface area (Å²) in [6.45, 7) is 9.49. The second-order valence-electron chi connectivity index (χ2n) is 5.24. The number of aryl methyl sites for hydroxylation is 2. The van der Waals surface area contributed by atoms with Gasteiger partial charge in [-0.1, -0.05) is 13.0 Å². The Labute approximate surface area is 125 Å². The minimum atomic E-state index is 0.303. The third kappa shape index (κ3) is 3.38. The molecule has 0 bridgehead atoms. The highest BCUT2D eigenvalue weighted by Gasteiger charge is 2.13. The van der Waals surface area contributed by atoms with Crippen molar-refractivity contribution in [3.05, 3.63) is 40.4 Å². The van der Waals surface area contributed by atoms with Crippen molar-refractivity contribution in [2.24, 2.45) is 0 Å². The van der Waals surface area contributed by atoms with Crippen LogP contribution in [0.15, 0.2) is 23.6 Å². The third-order valence-corrected chi connectivity index (χ3v) is 4.28. The number of benzene rings is 1. The lowest BCUT2D eigenvalue weighted by Crippen LogP contribution is -2.18. The number of aromatic nitrogens is 1. The van der Waals surface area contributed by atoms with Crippen LogP contribution >= 0.6 is 11.3 Å². The summed E-state index contributed by atoms with van der Waals surface area (Å²) in [6.07, 6.45) is 0. The summed E-state index contributed by atoms with van der Waals surface area (Å²) in [5.74, 6) is 0. The first-order chi connectivity index (χ1) is 9.51. The molecule has 1 unspecified atom stereocenters. The van der Waals surface area contributed by atoms with Crippen molar-refractivity contribution in [2.45, 2.75) is 33.7 Å². The smallest absolute Gasteiger partial charge is 0.189 e. The van der Waals surface area contributed by atoms with Crippen molar-refractivity contribution in [1.29, 1.82) is 0 Å². The van der Waals surface area contributed by atoms with Gasteiger partial charge in [-0.25, -0.2) is 4.98 Å². The number of nitrogens with zero attached hydrogens (tertiary/aromatic N) is 2. The van der Waals surface area contributed by atoms with Crippen LogP contribution in [0.4, 0.5) is 10.8 Å². The van der Waals surface area contributed by atoms with Gasteiger partial charge in [0.25, 0.3) is 0 Å². The van der Waals surface area contributed by atoms with Gasteiger partial charge in [-0.2, -0.15) is 0 Å². The molecule has 0 spiro atoms. The summed E-state index contributed by atoms with van der Waals surface area (Å²) in [7, 11) is 2.08. The van der Waals surface area contributed by atoms with Crippen molar-refractivity contribution in [1.82, 2.24) is 10.3 Å². The van der Waals surface area contributed by atoms with Gasteiger partial charge >= 0.3 is 0 Å². The van der Waals surface area contributed by atoms with Gasteiger partial charge in [-0.3, -0.25) is 0 Å². The van der Waals surface area contributed by atoms with Crippen LogP contribution in [0.1, 0.15) is 36.7 Å². The van der Waals surface area contributed by atoms with Gasteiger partial charge in [0.1, 0.15) is 0 Å². The number of nitrogens with one attached hydrogen (secondary N) is 1. The van der Waals surface area contributed by atoms with Gasteiger partial charge in [0.15, 0.2) is 5.13 Å². The van der Waals surface area contributed by atoms with Crippen molar-refractivity contribution in [3.63, 3.8) is 0 Å². The summed E-state index contributed by atoms with van der Waals surface area (Å²) < 4.78 is 0. The van der Waals surface area contributed by atoms with E-state index in [0.29, 0.717) is 6.04 Å². The van der Waals surface area contributed by atoms with Crippen LogP contribution in [0, 0.1) is 13.8 Å². The van der Waals surface area contributed by atoms with Crippen molar-refractivity contribution >= 4 is 22.2 Å². The number of hydrogen-bond donors (Lipinski definition) is 1. The van der Waals surface area contributed by atoms with Crippen LogP contribution in [-0.2, 0) is 0 Å². The largest absolute Gasteiger partial charge is 0.321 e. The second kappa shape index (κ2) is 6.37. The van der Waals surface area contributed by atoms with E-state index in [9.17, 15) is 0 Å². The van der Waals surface area contributed by atoms with Crippen LogP contribution in [-0.4, -0.2) is 18.6 Å². The van der Waals surface area contributed by atoms with Crippen LogP contribution in [0.2, 0.25) is 0 Å². The van der Waals surface area contributed by atoms with E-state index in [1.807, 2.05) is 0 Å². The zero-order valence-corrected chi connectivity index (χ0v) is 13.7. The highest BCUT2D eigenvalue weighted by Crippen LogP contribution is 2.29. The quantitative estimate of drug-likeness (QED) is 0.894. The molecule has 4 heteroatoms. The molecule has 1 aromatic carbocycles. The molecular weight excluding hydrogens is 266 g/mol. The molecule has 0 aliphatic rings. The maximum absolute atomic E-state index is 4.75. The summed E-state index contributed by atoms with van der Waals surface area (Å²) in [4.78, 5) is 6.91. The van der Waals surface area contributed by atoms with E-state index in [0.717, 1.165) is 17.4 Å². The fourth-order valence-electron chi connectivity index (χ4n) is 2.29. The molecule has 0 saturated heterocycles. The fourth-order valence-corrected chi connectivity index (χ4v) is 3.20. The Morgan fingerprint density at radius 1 is 1.25 bits per heavy atom. The Bertz CT molecular complexity index is 557. The first-order valence-corrected chi connectivity index (χ1v) is 7.90. The van der Waals surface area contributed by atoms with Gasteiger partial charge < -0.3 is 10.2 Å². The Morgan fingerprint density at radius 3 is 2.50 bits per heavy atom. The molecule has 108 valence electrons. The lowest BCUT2D eigenvalue weighted by Gasteiger charge is -2.17. The maximum atomic E-state index is 4.75. The van der Waals surface area contributed by atoms with Gasteiger partial charge in [0, 0.05) is 24.2 Å². The lowest BCUT2D eigenvalue weighted by molar-refractivity contribution is 0.586. The number of anilines is 2. The van der Waals surface area contributed by atoms with Gasteiger partial charge in [-0.05, 0) is 50.6 Å². The molecule has 20 heavy (non-hydrogen) atoms. The average Bonchev–Trinajstić information content (AvgIpc) is 2.86. The molecule has 1 atom stereocenters. The number of thiazole rings is 1. The number of hydrogen-bond acceptors (Lipinski definition) is 4. The molecule has 2 aromatic rings. The lowest BCUT2D eigenvalue weighted by atomic mass is 10.1. The predicted octanol–water partition coefficient (Wildman–Crippen LogP) is 4.20. The Morgan fingerprint density at radius 2 is 1.90 bits per heavy atom. The standard InChI is InChI=1S/C16H23N3S/c1-6-17-13(4)15-10-20-16(18-15)19(5)14-8-11(2)7-12(3)9-14/h7-10,13,17H,6H2,1-5H3. The number of rotatable bonds is 5. The van der Waals surface area contributed by atoms with Crippen LogP contribution in [0.25, 0.3) is 0 Å². The molecule has 0 fully saturated rings. The predicted molar refractivity (Wildman–Crippen MR) is 88.2 cm³/mol. The Hall–Kier alpha value is -1.39. The topological polar surface area (TPSA) is 28.2 Å². The third-order valence-electron chi connectivity index (χ3n) is 3.34. The maximum Gasteiger partial charge on any atom is 0.189 e. The monoisotopic (exact) mass is 289 g/mol. The minimum absolute atomic E-state index is 0.303. The van der Waals surface area contributed by atoms with Gasteiger partial charge in [-0.15, -0.1) is 11.3 Å². The molecule has 1 heterocycles. The van der Waals surface area contributed by atoms with E-state index in [-0.39, 0.29) is 0 Å². The summed E-state index contributed by atoms with van der Waals surface area (Å²) in [5.41, 5.74) is 4.87. The van der Waals surface area contributed by atoms with E-state index < -0.39 is 0 Å². The van der Waals surface area contributed by atoms with Crippen molar-refractivity contribution in [3.8, 4) is 0 Å². The van der Waals surface area contributed by atoms with Crippen LogP contribution in [0.3, 0.4) is 0 Å². The van der Waals surface area contributed by atoms with Crippen LogP contribution in [0.5, 0.6) is 0 Å². The SMILES string of the molecule is CCNC(C)c1csc(N(C)c2cc(C)cc(C)c2)n1. The van der Waals surface area contributed by atoms with Crippen LogP contribution < -0.4 is 10.2 Å². The molecule has 0 aliphatic heterocycles. The van der Waals surface area contributed by atoms with E-state index >= 15 is 0 Å². The average molecular weight is 289 g/mol. The molecule has 1 aromatic heterocycles. The first kappa shape index (κ1) is 15.0. The molecule has 2 rings (SSSR count). The molecule has 0 amide bonds. The molecule has 3 nitrogen and oxygen atoms in total. The van der Waals surface area contributed by atoms with Gasteiger partial charge in [0.2, 0.25) is 0 Å². The van der Waals surface area contributed by atoms with E-state index in [1.54, 1.807) is 11.3 Å².